The molecule has 0 aliphatic rings. The predicted octanol–water partition coefficient (Wildman–Crippen LogP) is 25.8. The van der Waals surface area contributed by atoms with Gasteiger partial charge in [-0.25, -0.2) is 8.42 Å². The Morgan fingerprint density at radius 2 is 0.333 bits per heavy atom. The largest absolute Gasteiger partial charge is 0.388 e. The monoisotopic (exact) mass is 1440 g/mol. The first kappa shape index (κ1) is 104. The number of benzene rings is 11. The van der Waals surface area contributed by atoms with E-state index in [0.717, 1.165) is 43.5 Å². The quantitative estimate of drug-likeness (QED) is 0.0990. The maximum absolute atomic E-state index is 12.6. The Bertz CT molecular complexity index is 3280. The molecule has 11 rings (SSSR count). The average molecular weight is 1440 g/mol. The molecular weight excluding hydrogens is 1310 g/mol. The van der Waals surface area contributed by atoms with Gasteiger partial charge < -0.3 is 13.9 Å². The van der Waals surface area contributed by atoms with Gasteiger partial charge in [-0.2, -0.15) is 0 Å². The molecule has 0 aliphatic carbocycles. The summed E-state index contributed by atoms with van der Waals surface area (Å²) in [6.07, 6.45) is 0. The Labute approximate surface area is 622 Å². The summed E-state index contributed by atoms with van der Waals surface area (Å²) in [5.41, 5.74) is 2.94. The minimum absolute atomic E-state index is 0.0752. The Hall–Kier alpha value is -8.87. The molecule has 0 amide bonds. The first-order valence-electron chi connectivity index (χ1n) is 36.2. The molecule has 0 unspecified atom stereocenters. The van der Waals surface area contributed by atoms with Crippen molar-refractivity contribution in [1.82, 2.24) is 0 Å². The van der Waals surface area contributed by atoms with Crippen LogP contribution >= 0.6 is 14.3 Å². The van der Waals surface area contributed by atoms with Gasteiger partial charge in [-0.3, -0.25) is 9.59 Å². The molecule has 0 atom stereocenters. The van der Waals surface area contributed by atoms with Crippen LogP contribution in [-0.2, 0) is 23.7 Å². The van der Waals surface area contributed by atoms with Gasteiger partial charge in [-0.15, -0.1) is 0 Å². The summed E-state index contributed by atoms with van der Waals surface area (Å²) in [7, 11) is -4.88. The third-order valence-electron chi connectivity index (χ3n) is 11.9. The highest BCUT2D eigenvalue weighted by Crippen LogP contribution is 2.39. The smallest absolute Gasteiger partial charge is 0.206 e. The van der Waals surface area contributed by atoms with Crippen molar-refractivity contribution in [1.29, 1.82) is 0 Å². The molecule has 0 saturated heterocycles. The third kappa shape index (κ3) is 44.4. The molecule has 554 valence electrons. The molecule has 0 aromatic heterocycles. The second-order valence-corrected chi connectivity index (χ2v) is 25.7. The number of rotatable bonds is 10. The second-order valence-electron chi connectivity index (χ2n) is 18.0. The van der Waals surface area contributed by atoms with Gasteiger partial charge in [0, 0.05) is 57.7 Å². The van der Waals surface area contributed by atoms with E-state index < -0.39 is 24.1 Å². The first-order chi connectivity index (χ1) is 49.8. The molecule has 11 aromatic carbocycles. The van der Waals surface area contributed by atoms with Crippen LogP contribution in [0, 0.1) is 0 Å². The van der Waals surface area contributed by atoms with E-state index in [1.165, 1.54) is 0 Å². The highest BCUT2D eigenvalue weighted by molar-refractivity contribution is 7.91. The van der Waals surface area contributed by atoms with Gasteiger partial charge in [0.2, 0.25) is 9.84 Å². The topological polar surface area (TPSA) is 112 Å². The molecule has 0 heterocycles. The van der Waals surface area contributed by atoms with Crippen molar-refractivity contribution in [3.63, 3.8) is 0 Å². The van der Waals surface area contributed by atoms with E-state index in [1.54, 1.807) is 74.9 Å². The zero-order valence-electron chi connectivity index (χ0n) is 66.5. The Balaban J connectivity index is -0.000000258. The summed E-state index contributed by atoms with van der Waals surface area (Å²) in [6.45, 7) is 43.6. The lowest BCUT2D eigenvalue weighted by Crippen LogP contribution is -2.14. The lowest BCUT2D eigenvalue weighted by atomic mass is 10.0. The Morgan fingerprint density at radius 3 is 0.471 bits per heavy atom. The first-order valence-corrected chi connectivity index (χ1v) is 42.0. The molecular formula is C92H128O7P2S. The van der Waals surface area contributed by atoms with Crippen LogP contribution in [0.4, 0.5) is 0 Å². The Kier molecular flexibility index (Phi) is 74.9. The molecule has 0 radical (unpaired) electrons. The van der Waals surface area contributed by atoms with Crippen molar-refractivity contribution < 1.29 is 31.9 Å². The lowest BCUT2D eigenvalue weighted by molar-refractivity contribution is 0.103. The van der Waals surface area contributed by atoms with Crippen LogP contribution < -0.4 is 21.2 Å². The number of methoxy groups -OCH3 is 1. The van der Waals surface area contributed by atoms with Crippen molar-refractivity contribution >= 4 is 56.9 Å². The van der Waals surface area contributed by atoms with E-state index in [-0.39, 0.29) is 11.6 Å². The fraction of sp³-hybridized carbons (Fsp3) is 0.261. The molecule has 0 bridgehead atoms. The maximum Gasteiger partial charge on any atom is 0.206 e. The van der Waals surface area contributed by atoms with Gasteiger partial charge >= 0.3 is 0 Å². The fourth-order valence-electron chi connectivity index (χ4n) is 7.56. The third-order valence-corrected chi connectivity index (χ3v) is 18.8. The normalized spacial score (nSPS) is 8.86. The number of carbonyl (C=O) groups excluding carboxylic acids is 2. The van der Waals surface area contributed by atoms with E-state index in [2.05, 4.69) is 4.74 Å². The number of ether oxygens (including phenoxy) is 1. The molecule has 10 heteroatoms. The Morgan fingerprint density at radius 1 is 0.225 bits per heavy atom. The SMILES string of the molecule is CC.CC.CC.CC.CC.CC.CC.CC.CC.CC.COC.CP(=O)(c1ccccc1)c1ccccc1.CP(=O)(c1ccccc1)c1ccccc1.O=C(c1ccccc1)c1ccccc1.O=C(c1ccccc1)c1ccccc1.O=S(=O)(c1ccccc1)c1ccccc1.c1ccccc1. The van der Waals surface area contributed by atoms with Gasteiger partial charge in [0.1, 0.15) is 14.3 Å². The van der Waals surface area contributed by atoms with Crippen LogP contribution in [0.1, 0.15) is 170 Å². The van der Waals surface area contributed by atoms with Gasteiger partial charge in [-0.1, -0.05) is 454 Å². The minimum atomic E-state index is -3.34. The summed E-state index contributed by atoms with van der Waals surface area (Å²) in [5.74, 6) is 0.150. The standard InChI is InChI=1S/2C13H13OP.2C13H10O.C12H10O2S.C6H6.C2H6O.10C2H6/c2*1-15(14,12-8-4-2-5-9-12)13-10-6-3-7-11-13;2*14-13(11-7-3-1-4-8-11)12-9-5-2-6-10-12;13-15(14,11-7-3-1-4-8-11)12-9-5-2-6-10-12;1-2-4-6-5-3-1;1-3-2;10*1-2/h2*2-11H,1H3;2*1-10H;1-10H;1-6H;1-2H3;10*1-2H3. The van der Waals surface area contributed by atoms with Gasteiger partial charge in [-0.05, 0) is 37.6 Å². The molecule has 0 fully saturated rings. The minimum Gasteiger partial charge on any atom is -0.388 e. The maximum atomic E-state index is 12.6. The highest BCUT2D eigenvalue weighted by Gasteiger charge is 2.21. The summed E-state index contributed by atoms with van der Waals surface area (Å²) >= 11 is 0. The van der Waals surface area contributed by atoms with E-state index in [0.29, 0.717) is 9.79 Å². The van der Waals surface area contributed by atoms with Crippen molar-refractivity contribution in [3.8, 4) is 0 Å². The highest BCUT2D eigenvalue weighted by atomic mass is 32.2. The number of hydrogen-bond donors (Lipinski definition) is 0. The van der Waals surface area contributed by atoms with Crippen molar-refractivity contribution in [2.75, 3.05) is 27.5 Å². The van der Waals surface area contributed by atoms with E-state index in [9.17, 15) is 27.1 Å². The van der Waals surface area contributed by atoms with E-state index in [4.69, 9.17) is 0 Å². The second kappa shape index (κ2) is 73.4. The average Bonchev–Trinajstić information content (AvgIpc) is 0.829. The molecule has 102 heavy (non-hydrogen) atoms. The molecule has 11 aromatic rings. The van der Waals surface area contributed by atoms with E-state index in [1.807, 2.05) is 431 Å². The molecule has 0 saturated carbocycles. The van der Waals surface area contributed by atoms with Crippen molar-refractivity contribution in [2.24, 2.45) is 0 Å². The van der Waals surface area contributed by atoms with Crippen LogP contribution in [0.5, 0.6) is 0 Å². The summed E-state index contributed by atoms with van der Waals surface area (Å²) in [6, 6.07) is 105. The molecule has 0 spiro atoms. The molecule has 0 aliphatic heterocycles. The molecule has 0 N–H and O–H groups in total. The van der Waals surface area contributed by atoms with Gasteiger partial charge in [0.05, 0.1) is 9.79 Å². The fourth-order valence-corrected chi connectivity index (χ4v) is 12.4. The predicted molar refractivity (Wildman–Crippen MR) is 455 cm³/mol. The number of carbonyl (C=O) groups is 2. The summed E-state index contributed by atoms with van der Waals surface area (Å²) in [4.78, 5) is 24.4. The van der Waals surface area contributed by atoms with Gasteiger partial charge in [0.15, 0.2) is 11.6 Å². The molecule has 7 nitrogen and oxygen atoms in total. The lowest BCUT2D eigenvalue weighted by Gasteiger charge is -2.13. The number of sulfone groups is 1. The van der Waals surface area contributed by atoms with Gasteiger partial charge in [0.25, 0.3) is 0 Å². The van der Waals surface area contributed by atoms with Crippen molar-refractivity contribution in [3.05, 3.63) is 362 Å². The summed E-state index contributed by atoms with van der Waals surface area (Å²) in [5, 5.41) is 3.65. The van der Waals surface area contributed by atoms with Crippen LogP contribution in [0.3, 0.4) is 0 Å². The van der Waals surface area contributed by atoms with Crippen LogP contribution in [0.15, 0.2) is 350 Å². The zero-order valence-corrected chi connectivity index (χ0v) is 69.1. The van der Waals surface area contributed by atoms with Crippen molar-refractivity contribution in [2.45, 2.75) is 148 Å². The van der Waals surface area contributed by atoms with E-state index >= 15 is 0 Å². The summed E-state index contributed by atoms with van der Waals surface area (Å²) < 4.78 is 53.6. The number of hydrogen-bond acceptors (Lipinski definition) is 7. The zero-order chi connectivity index (χ0) is 78.7. The number of ketones is 2. The van der Waals surface area contributed by atoms with Crippen LogP contribution in [-0.4, -0.2) is 47.5 Å². The van der Waals surface area contributed by atoms with Crippen LogP contribution in [0.2, 0.25) is 0 Å². The van der Waals surface area contributed by atoms with Crippen LogP contribution in [0.25, 0.3) is 0 Å².